The maximum absolute atomic E-state index is 17.4. The molecule has 4 aliphatic heterocycles. The standard InChI is InChI=1S/C43H49F2N5O6/c1-4-30-33(44)10-9-27-19-29(51)20-31(34(27)30)36-35(45)37-32(22-46-36)39(49-15-18-54-24-41(2,52)23-49)48-40(47-37)56-38-26-7-5-12-42(38,3)50(14-6-8-26)28-11-16-55-43(21-28)13-17-53-25-43/h1,9-10,19-20,22,26,28,38,51-52H,5-8,11-18,21,23-25H2,2-3H3/t26-,28?,38?,41-,42+,43?/m0/s1. The molecule has 2 aromatic heterocycles. The number of nitrogens with zero attached hydrogens (tertiary/aromatic N) is 5. The van der Waals surface area contributed by atoms with Crippen molar-refractivity contribution in [1.82, 2.24) is 19.9 Å². The van der Waals surface area contributed by atoms with Crippen molar-refractivity contribution in [2.45, 2.75) is 94.1 Å². The zero-order valence-electron chi connectivity index (χ0n) is 32.0. The van der Waals surface area contributed by atoms with Crippen molar-refractivity contribution in [3.8, 4) is 35.4 Å². The number of terminal acetylenes is 1. The Morgan fingerprint density at radius 2 is 1.84 bits per heavy atom. The van der Waals surface area contributed by atoms with Crippen LogP contribution >= 0.6 is 0 Å². The second-order valence-electron chi connectivity index (χ2n) is 17.0. The first-order valence-electron chi connectivity index (χ1n) is 20.0. The largest absolute Gasteiger partial charge is 0.508 e. The van der Waals surface area contributed by atoms with E-state index in [1.807, 2.05) is 4.90 Å². The zero-order chi connectivity index (χ0) is 38.8. The Kier molecular flexibility index (Phi) is 9.56. The van der Waals surface area contributed by atoms with Crippen molar-refractivity contribution >= 4 is 27.5 Å². The molecule has 2 bridgehead atoms. The first-order chi connectivity index (χ1) is 27.0. The van der Waals surface area contributed by atoms with Gasteiger partial charge >= 0.3 is 6.01 Å². The number of benzene rings is 2. The highest BCUT2D eigenvalue weighted by atomic mass is 19.1. The number of hydrogen-bond acceptors (Lipinski definition) is 11. The number of halogens is 2. The molecule has 3 unspecified atom stereocenters. The Morgan fingerprint density at radius 3 is 2.66 bits per heavy atom. The molecule has 4 aromatic rings. The maximum atomic E-state index is 17.4. The molecule has 6 atom stereocenters. The summed E-state index contributed by atoms with van der Waals surface area (Å²) in [6, 6.07) is 5.83. The van der Waals surface area contributed by atoms with Gasteiger partial charge in [0.25, 0.3) is 0 Å². The Morgan fingerprint density at radius 1 is 1.00 bits per heavy atom. The van der Waals surface area contributed by atoms with E-state index in [0.29, 0.717) is 49.0 Å². The van der Waals surface area contributed by atoms with Crippen molar-refractivity contribution < 1.29 is 37.9 Å². The quantitative estimate of drug-likeness (QED) is 0.228. The molecule has 1 spiro atoms. The summed E-state index contributed by atoms with van der Waals surface area (Å²) in [7, 11) is 0. The minimum Gasteiger partial charge on any atom is -0.508 e. The number of hydrogen-bond donors (Lipinski definition) is 2. The van der Waals surface area contributed by atoms with Gasteiger partial charge < -0.3 is 34.1 Å². The molecule has 296 valence electrons. The lowest BCUT2D eigenvalue weighted by Gasteiger charge is -2.54. The fraction of sp³-hybridized carbons (Fsp3) is 0.558. The van der Waals surface area contributed by atoms with Crippen LogP contribution in [0.1, 0.15) is 70.8 Å². The number of rotatable bonds is 5. The zero-order valence-corrected chi connectivity index (χ0v) is 32.0. The summed E-state index contributed by atoms with van der Waals surface area (Å²) in [4.78, 5) is 18.9. The van der Waals surface area contributed by atoms with Crippen LogP contribution in [0, 0.1) is 29.9 Å². The van der Waals surface area contributed by atoms with Gasteiger partial charge in [0, 0.05) is 49.4 Å². The molecule has 1 aliphatic carbocycles. The normalized spacial score (nSPS) is 31.4. The van der Waals surface area contributed by atoms with E-state index in [0.717, 1.165) is 64.5 Å². The first kappa shape index (κ1) is 37.4. The minimum absolute atomic E-state index is 0.0297. The lowest BCUT2D eigenvalue weighted by atomic mass is 9.72. The molecule has 9 rings (SSSR count). The second-order valence-corrected chi connectivity index (χ2v) is 17.0. The van der Waals surface area contributed by atoms with Gasteiger partial charge in [0.05, 0.1) is 48.5 Å². The average Bonchev–Trinajstić information content (AvgIpc) is 3.50. The number of likely N-dealkylation sites (tertiary alicyclic amines) is 1. The summed E-state index contributed by atoms with van der Waals surface area (Å²) in [5, 5.41) is 22.9. The third kappa shape index (κ3) is 6.53. The molecule has 6 heterocycles. The molecule has 4 saturated heterocycles. The number of pyridine rings is 1. The number of phenolic OH excluding ortho intramolecular Hbond substituents is 1. The monoisotopic (exact) mass is 769 g/mol. The topological polar surface area (TPSA) is 123 Å². The molecular weight excluding hydrogens is 720 g/mol. The molecule has 0 amide bonds. The van der Waals surface area contributed by atoms with Gasteiger partial charge in [-0.2, -0.15) is 9.97 Å². The van der Waals surface area contributed by atoms with E-state index in [4.69, 9.17) is 35.3 Å². The van der Waals surface area contributed by atoms with Crippen LogP contribution in [-0.4, -0.2) is 112 Å². The van der Waals surface area contributed by atoms with E-state index in [2.05, 4.69) is 22.7 Å². The smallest absolute Gasteiger partial charge is 0.319 e. The number of β-amino-alcohol motifs (C(OH)–C–C–N with tert-alkyl or cyclic N) is 1. The number of aromatic nitrogens is 3. The number of aromatic hydroxyl groups is 1. The summed E-state index contributed by atoms with van der Waals surface area (Å²) in [6.07, 6.45) is 14.7. The summed E-state index contributed by atoms with van der Waals surface area (Å²) < 4.78 is 57.4. The molecule has 1 saturated carbocycles. The van der Waals surface area contributed by atoms with Gasteiger partial charge in [0.15, 0.2) is 5.82 Å². The van der Waals surface area contributed by atoms with Gasteiger partial charge in [-0.25, -0.2) is 8.78 Å². The number of anilines is 1. The van der Waals surface area contributed by atoms with Crippen molar-refractivity contribution in [3.63, 3.8) is 0 Å². The molecule has 2 aromatic carbocycles. The van der Waals surface area contributed by atoms with Crippen LogP contribution in [0.2, 0.25) is 0 Å². The molecule has 56 heavy (non-hydrogen) atoms. The van der Waals surface area contributed by atoms with Crippen molar-refractivity contribution in [2.24, 2.45) is 5.92 Å². The van der Waals surface area contributed by atoms with Crippen LogP contribution in [0.15, 0.2) is 30.5 Å². The SMILES string of the molecule is C#Cc1c(F)ccc2cc(O)cc(-c3ncc4c(N5CCOC[C@@](C)(O)C5)nc(OC5[C@@H]6CCCN(C7CCOC8(CCOC8)C7)[C@]5(C)CCC6)nc4c3F)c12. The van der Waals surface area contributed by atoms with Crippen LogP contribution in [0.3, 0.4) is 0 Å². The van der Waals surface area contributed by atoms with E-state index in [1.54, 1.807) is 6.92 Å². The highest BCUT2D eigenvalue weighted by molar-refractivity contribution is 6.03. The van der Waals surface area contributed by atoms with Gasteiger partial charge in [-0.1, -0.05) is 18.4 Å². The number of phenols is 1. The van der Waals surface area contributed by atoms with Gasteiger partial charge in [-0.15, -0.1) is 6.42 Å². The van der Waals surface area contributed by atoms with Crippen LogP contribution in [0.5, 0.6) is 11.8 Å². The van der Waals surface area contributed by atoms with Gasteiger partial charge in [-0.3, -0.25) is 9.88 Å². The van der Waals surface area contributed by atoms with E-state index < -0.39 is 17.2 Å². The van der Waals surface area contributed by atoms with Crippen molar-refractivity contribution in [3.05, 3.63) is 47.7 Å². The molecule has 0 radical (unpaired) electrons. The van der Waals surface area contributed by atoms with Crippen molar-refractivity contribution in [1.29, 1.82) is 0 Å². The third-order valence-electron chi connectivity index (χ3n) is 13.0. The van der Waals surface area contributed by atoms with Gasteiger partial charge in [0.2, 0.25) is 0 Å². The number of aliphatic hydroxyl groups is 1. The van der Waals surface area contributed by atoms with Crippen LogP contribution in [0.4, 0.5) is 14.6 Å². The number of fused-ring (bicyclic) bond motifs is 4. The highest BCUT2D eigenvalue weighted by Gasteiger charge is 2.53. The third-order valence-corrected chi connectivity index (χ3v) is 13.0. The molecule has 2 N–H and O–H groups in total. The van der Waals surface area contributed by atoms with Gasteiger partial charge in [0.1, 0.15) is 40.3 Å². The molecule has 5 aliphatic rings. The van der Waals surface area contributed by atoms with Crippen LogP contribution < -0.4 is 9.64 Å². The summed E-state index contributed by atoms with van der Waals surface area (Å²) >= 11 is 0. The fourth-order valence-corrected chi connectivity index (χ4v) is 10.4. The van der Waals surface area contributed by atoms with Crippen molar-refractivity contribution in [2.75, 3.05) is 57.6 Å². The van der Waals surface area contributed by atoms with Crippen LogP contribution in [0.25, 0.3) is 32.9 Å². The summed E-state index contributed by atoms with van der Waals surface area (Å²) in [5.41, 5.74) is -1.95. The first-order valence-corrected chi connectivity index (χ1v) is 20.0. The molecule has 13 heteroatoms. The summed E-state index contributed by atoms with van der Waals surface area (Å²) in [5.74, 6) is 1.40. The van der Waals surface area contributed by atoms with E-state index in [1.165, 1.54) is 30.5 Å². The Labute approximate surface area is 325 Å². The molecular formula is C43H49F2N5O6. The minimum atomic E-state index is -1.21. The lowest BCUT2D eigenvalue weighted by molar-refractivity contribution is -0.137. The number of ether oxygens (including phenoxy) is 4. The van der Waals surface area contributed by atoms with E-state index >= 15 is 8.78 Å². The lowest BCUT2D eigenvalue weighted by Crippen LogP contribution is -2.64. The van der Waals surface area contributed by atoms with E-state index in [-0.39, 0.29) is 75.8 Å². The molecule has 11 nitrogen and oxygen atoms in total. The van der Waals surface area contributed by atoms with Crippen LogP contribution in [-0.2, 0) is 14.2 Å². The Bertz CT molecular complexity index is 2210. The highest BCUT2D eigenvalue weighted by Crippen LogP contribution is 2.47. The Hall–Kier alpha value is -4.19. The molecule has 5 fully saturated rings. The fourth-order valence-electron chi connectivity index (χ4n) is 10.4. The Balaban J connectivity index is 1.18. The predicted octanol–water partition coefficient (Wildman–Crippen LogP) is 6.14. The maximum Gasteiger partial charge on any atom is 0.319 e. The average molecular weight is 770 g/mol. The predicted molar refractivity (Wildman–Crippen MR) is 207 cm³/mol. The van der Waals surface area contributed by atoms with Gasteiger partial charge in [-0.05, 0) is 88.4 Å². The second kappa shape index (κ2) is 14.3. The van der Waals surface area contributed by atoms with E-state index in [9.17, 15) is 10.2 Å². The summed E-state index contributed by atoms with van der Waals surface area (Å²) in [6.45, 7) is 7.97.